The smallest absolute Gasteiger partial charge is 0.133 e. The summed E-state index contributed by atoms with van der Waals surface area (Å²) in [7, 11) is 0. The van der Waals surface area contributed by atoms with E-state index >= 15 is 0 Å². The number of fused-ring (bicyclic) bond motifs is 2. The molecular formula is C18H21ClN2. The summed E-state index contributed by atoms with van der Waals surface area (Å²) >= 11 is 6.23. The summed E-state index contributed by atoms with van der Waals surface area (Å²) in [6.45, 7) is 1.14. The zero-order valence-corrected chi connectivity index (χ0v) is 13.0. The van der Waals surface area contributed by atoms with E-state index in [4.69, 9.17) is 16.6 Å². The summed E-state index contributed by atoms with van der Waals surface area (Å²) in [5, 5.41) is 1.19. The molecule has 2 aliphatic rings. The van der Waals surface area contributed by atoms with Crippen LogP contribution in [0.2, 0.25) is 0 Å². The molecule has 0 amide bonds. The van der Waals surface area contributed by atoms with Gasteiger partial charge in [0.25, 0.3) is 0 Å². The van der Waals surface area contributed by atoms with Crippen LogP contribution in [0.15, 0.2) is 30.3 Å². The zero-order valence-electron chi connectivity index (χ0n) is 12.3. The Morgan fingerprint density at radius 3 is 2.90 bits per heavy atom. The van der Waals surface area contributed by atoms with Crippen LogP contribution in [0.3, 0.4) is 0 Å². The molecule has 2 unspecified atom stereocenters. The SMILES string of the molecule is ClCc1cc2ccccc2nc1N1CCCC2CCCC21. The van der Waals surface area contributed by atoms with Crippen molar-refractivity contribution in [1.82, 2.24) is 4.98 Å². The molecule has 0 radical (unpaired) electrons. The minimum absolute atomic E-state index is 0.543. The molecule has 0 spiro atoms. The summed E-state index contributed by atoms with van der Waals surface area (Å²) in [4.78, 5) is 7.53. The fraction of sp³-hybridized carbons (Fsp3) is 0.500. The number of para-hydroxylation sites is 1. The molecule has 0 bridgehead atoms. The molecule has 3 heteroatoms. The van der Waals surface area contributed by atoms with Crippen LogP contribution in [0.1, 0.15) is 37.7 Å². The number of nitrogens with zero attached hydrogens (tertiary/aromatic N) is 2. The lowest BCUT2D eigenvalue weighted by molar-refractivity contribution is 0.360. The second-order valence-electron chi connectivity index (χ2n) is 6.39. The van der Waals surface area contributed by atoms with Gasteiger partial charge in [0.15, 0.2) is 0 Å². The Balaban J connectivity index is 1.80. The van der Waals surface area contributed by atoms with Gasteiger partial charge in [0.05, 0.1) is 11.4 Å². The fourth-order valence-electron chi connectivity index (χ4n) is 4.21. The number of piperidine rings is 1. The third kappa shape index (κ3) is 2.30. The first-order valence-corrected chi connectivity index (χ1v) is 8.61. The lowest BCUT2D eigenvalue weighted by Crippen LogP contribution is -2.43. The zero-order chi connectivity index (χ0) is 14.2. The summed E-state index contributed by atoms with van der Waals surface area (Å²) < 4.78 is 0. The first-order valence-electron chi connectivity index (χ1n) is 8.08. The molecule has 1 saturated heterocycles. The molecule has 1 aromatic carbocycles. The highest BCUT2D eigenvalue weighted by atomic mass is 35.5. The van der Waals surface area contributed by atoms with E-state index in [9.17, 15) is 0 Å². The van der Waals surface area contributed by atoms with Crippen LogP contribution < -0.4 is 4.90 Å². The van der Waals surface area contributed by atoms with Crippen molar-refractivity contribution in [3.05, 3.63) is 35.9 Å². The van der Waals surface area contributed by atoms with Crippen LogP contribution in [0.4, 0.5) is 5.82 Å². The average Bonchev–Trinajstić information content (AvgIpc) is 3.02. The minimum Gasteiger partial charge on any atom is -0.353 e. The van der Waals surface area contributed by atoms with Gasteiger partial charge in [-0.15, -0.1) is 11.6 Å². The highest BCUT2D eigenvalue weighted by Gasteiger charge is 2.36. The molecule has 0 N–H and O–H groups in total. The van der Waals surface area contributed by atoms with E-state index in [0.29, 0.717) is 11.9 Å². The van der Waals surface area contributed by atoms with Gasteiger partial charge in [0.1, 0.15) is 5.82 Å². The molecule has 2 aromatic rings. The molecule has 2 heterocycles. The van der Waals surface area contributed by atoms with Crippen molar-refractivity contribution in [2.24, 2.45) is 5.92 Å². The second-order valence-corrected chi connectivity index (χ2v) is 6.66. The third-order valence-electron chi connectivity index (χ3n) is 5.19. The number of benzene rings is 1. The molecule has 1 aliphatic heterocycles. The van der Waals surface area contributed by atoms with E-state index in [1.54, 1.807) is 0 Å². The molecule has 1 aromatic heterocycles. The van der Waals surface area contributed by atoms with Crippen molar-refractivity contribution < 1.29 is 0 Å². The van der Waals surface area contributed by atoms with Gasteiger partial charge in [-0.3, -0.25) is 0 Å². The summed E-state index contributed by atoms with van der Waals surface area (Å²) in [6.07, 6.45) is 6.77. The Kier molecular flexibility index (Phi) is 3.50. The lowest BCUT2D eigenvalue weighted by Gasteiger charge is -2.39. The maximum Gasteiger partial charge on any atom is 0.133 e. The molecule has 4 rings (SSSR count). The number of rotatable bonds is 2. The quantitative estimate of drug-likeness (QED) is 0.745. The molecule has 1 saturated carbocycles. The summed E-state index contributed by atoms with van der Waals surface area (Å²) in [5.74, 6) is 2.55. The van der Waals surface area contributed by atoms with E-state index in [0.717, 1.165) is 23.8 Å². The second kappa shape index (κ2) is 5.49. The number of hydrogen-bond donors (Lipinski definition) is 0. The third-order valence-corrected chi connectivity index (χ3v) is 5.48. The molecule has 2 nitrogen and oxygen atoms in total. The summed E-state index contributed by atoms with van der Waals surface area (Å²) in [6, 6.07) is 11.3. The fourth-order valence-corrected chi connectivity index (χ4v) is 4.41. The maximum absolute atomic E-state index is 6.23. The van der Waals surface area contributed by atoms with Gasteiger partial charge < -0.3 is 4.90 Å². The molecular weight excluding hydrogens is 280 g/mol. The maximum atomic E-state index is 6.23. The molecule has 21 heavy (non-hydrogen) atoms. The Morgan fingerprint density at radius 2 is 2.00 bits per heavy atom. The van der Waals surface area contributed by atoms with Gasteiger partial charge in [-0.1, -0.05) is 24.6 Å². The summed E-state index contributed by atoms with van der Waals surface area (Å²) in [5.41, 5.74) is 2.27. The van der Waals surface area contributed by atoms with Crippen molar-refractivity contribution >= 4 is 28.3 Å². The van der Waals surface area contributed by atoms with E-state index in [-0.39, 0.29) is 0 Å². The number of pyridine rings is 1. The van der Waals surface area contributed by atoms with Crippen LogP contribution >= 0.6 is 11.6 Å². The van der Waals surface area contributed by atoms with E-state index in [1.165, 1.54) is 43.1 Å². The van der Waals surface area contributed by atoms with E-state index in [2.05, 4.69) is 35.2 Å². The molecule has 1 aliphatic carbocycles. The van der Waals surface area contributed by atoms with Crippen LogP contribution in [-0.4, -0.2) is 17.6 Å². The first-order chi connectivity index (χ1) is 10.4. The van der Waals surface area contributed by atoms with E-state index in [1.807, 2.05) is 0 Å². The number of halogens is 1. The molecule has 2 fully saturated rings. The average molecular weight is 301 g/mol. The van der Waals surface area contributed by atoms with E-state index < -0.39 is 0 Å². The Hall–Kier alpha value is -1.28. The topological polar surface area (TPSA) is 16.1 Å². The van der Waals surface area contributed by atoms with Crippen molar-refractivity contribution in [2.75, 3.05) is 11.4 Å². The van der Waals surface area contributed by atoms with Crippen molar-refractivity contribution in [3.63, 3.8) is 0 Å². The number of anilines is 1. The monoisotopic (exact) mass is 300 g/mol. The van der Waals surface area contributed by atoms with Crippen LogP contribution in [0.25, 0.3) is 10.9 Å². The highest BCUT2D eigenvalue weighted by Crippen LogP contribution is 2.40. The first kappa shape index (κ1) is 13.4. The molecule has 2 atom stereocenters. The largest absolute Gasteiger partial charge is 0.353 e. The number of hydrogen-bond acceptors (Lipinski definition) is 2. The normalized spacial score (nSPS) is 25.3. The van der Waals surface area contributed by atoms with Crippen molar-refractivity contribution in [1.29, 1.82) is 0 Å². The number of aromatic nitrogens is 1. The van der Waals surface area contributed by atoms with Crippen LogP contribution in [-0.2, 0) is 5.88 Å². The Labute approximate surface area is 131 Å². The van der Waals surface area contributed by atoms with Crippen molar-refractivity contribution in [3.8, 4) is 0 Å². The van der Waals surface area contributed by atoms with Crippen LogP contribution in [0, 0.1) is 5.92 Å². The van der Waals surface area contributed by atoms with Gasteiger partial charge in [-0.25, -0.2) is 4.98 Å². The Morgan fingerprint density at radius 1 is 1.14 bits per heavy atom. The minimum atomic E-state index is 0.543. The van der Waals surface area contributed by atoms with Gasteiger partial charge in [-0.2, -0.15) is 0 Å². The standard InChI is InChI=1S/C18H21ClN2/c19-12-15-11-14-5-1-2-8-16(14)20-18(15)21-10-4-7-13-6-3-9-17(13)21/h1-2,5,8,11,13,17H,3-4,6-7,9-10,12H2. The van der Waals surface area contributed by atoms with Crippen molar-refractivity contribution in [2.45, 2.75) is 44.0 Å². The highest BCUT2D eigenvalue weighted by molar-refractivity contribution is 6.17. The van der Waals surface area contributed by atoms with Gasteiger partial charge >= 0.3 is 0 Å². The molecule has 110 valence electrons. The number of alkyl halides is 1. The lowest BCUT2D eigenvalue weighted by atomic mass is 9.91. The van der Waals surface area contributed by atoms with Gasteiger partial charge in [0.2, 0.25) is 0 Å². The Bertz CT molecular complexity index is 655. The van der Waals surface area contributed by atoms with Gasteiger partial charge in [0, 0.05) is 23.5 Å². The predicted octanol–water partition coefficient (Wildman–Crippen LogP) is 4.74. The predicted molar refractivity (Wildman–Crippen MR) is 89.0 cm³/mol. The van der Waals surface area contributed by atoms with Crippen LogP contribution in [0.5, 0.6) is 0 Å². The van der Waals surface area contributed by atoms with Gasteiger partial charge in [-0.05, 0) is 43.7 Å².